The number of anilines is 1. The van der Waals surface area contributed by atoms with Crippen molar-refractivity contribution in [2.45, 2.75) is 64.2 Å². The van der Waals surface area contributed by atoms with Gasteiger partial charge in [0.05, 0.1) is 38.2 Å². The molecule has 0 spiro atoms. The van der Waals surface area contributed by atoms with Crippen LogP contribution in [-0.2, 0) is 16.0 Å². The van der Waals surface area contributed by atoms with E-state index < -0.39 is 12.1 Å². The minimum absolute atomic E-state index is 0.0122. The highest BCUT2D eigenvalue weighted by molar-refractivity contribution is 5.83. The Morgan fingerprint density at radius 1 is 1.00 bits per heavy atom. The van der Waals surface area contributed by atoms with E-state index in [1.54, 1.807) is 20.3 Å². The molecule has 9 heteroatoms. The second kappa shape index (κ2) is 13.9. The maximum Gasteiger partial charge on any atom is 0.323 e. The van der Waals surface area contributed by atoms with Gasteiger partial charge < -0.3 is 34.6 Å². The molecule has 0 unspecified atom stereocenters. The number of amides is 1. The van der Waals surface area contributed by atoms with Crippen molar-refractivity contribution in [1.29, 1.82) is 0 Å². The molecular weight excluding hydrogens is 488 g/mol. The highest BCUT2D eigenvalue weighted by atomic mass is 16.5. The van der Waals surface area contributed by atoms with Crippen LogP contribution >= 0.6 is 0 Å². The first-order valence-corrected chi connectivity index (χ1v) is 13.1. The zero-order chi connectivity index (χ0) is 27.7. The molecule has 1 fully saturated rings. The smallest absolute Gasteiger partial charge is 0.323 e. The molecule has 0 heterocycles. The van der Waals surface area contributed by atoms with Crippen LogP contribution in [0.25, 0.3) is 0 Å². The van der Waals surface area contributed by atoms with Crippen LogP contribution in [0.3, 0.4) is 0 Å². The fraction of sp³-hybridized carbons (Fsp3) is 0.517. The van der Waals surface area contributed by atoms with E-state index in [0.29, 0.717) is 43.6 Å². The zero-order valence-electron chi connectivity index (χ0n) is 22.7. The Balaban J connectivity index is 1.66. The number of aliphatic carboxylic acids is 1. The molecule has 38 heavy (non-hydrogen) atoms. The molecule has 3 N–H and O–H groups in total. The number of methoxy groups -OCH3 is 2. The van der Waals surface area contributed by atoms with Gasteiger partial charge in [-0.15, -0.1) is 0 Å². The Bertz CT molecular complexity index is 1070. The maximum atomic E-state index is 13.5. The van der Waals surface area contributed by atoms with Gasteiger partial charge in [-0.2, -0.15) is 0 Å². The SMILES string of the molecule is COc1ccc(CCN(CC(=O)O)C(=O)[C@@H]2CC[C@H](Nc3ccccc3OC(C)C)[C@@H](O)CC2)cc1OC. The minimum Gasteiger partial charge on any atom is -0.493 e. The normalized spacial score (nSPS) is 19.4. The van der Waals surface area contributed by atoms with Gasteiger partial charge in [0.25, 0.3) is 0 Å². The number of aliphatic hydroxyl groups is 1. The van der Waals surface area contributed by atoms with Gasteiger partial charge in [-0.05, 0) is 75.8 Å². The molecule has 0 radical (unpaired) electrons. The van der Waals surface area contributed by atoms with Crippen LogP contribution in [0.2, 0.25) is 0 Å². The van der Waals surface area contributed by atoms with Crippen molar-refractivity contribution >= 4 is 17.6 Å². The summed E-state index contributed by atoms with van der Waals surface area (Å²) < 4.78 is 16.5. The number of aliphatic hydroxyl groups excluding tert-OH is 1. The number of para-hydroxylation sites is 2. The van der Waals surface area contributed by atoms with Gasteiger partial charge in [0.2, 0.25) is 5.91 Å². The monoisotopic (exact) mass is 528 g/mol. The van der Waals surface area contributed by atoms with Crippen molar-refractivity contribution < 1.29 is 34.0 Å². The molecule has 1 aliphatic carbocycles. The lowest BCUT2D eigenvalue weighted by Gasteiger charge is -2.26. The van der Waals surface area contributed by atoms with Crippen LogP contribution in [0, 0.1) is 5.92 Å². The number of rotatable bonds is 12. The third-order valence-electron chi connectivity index (χ3n) is 6.80. The number of carbonyl (C=O) groups excluding carboxylic acids is 1. The van der Waals surface area contributed by atoms with Crippen molar-refractivity contribution in [1.82, 2.24) is 4.90 Å². The van der Waals surface area contributed by atoms with Gasteiger partial charge in [0, 0.05) is 12.5 Å². The number of ether oxygens (including phenoxy) is 3. The summed E-state index contributed by atoms with van der Waals surface area (Å²) in [5.41, 5.74) is 1.71. The molecule has 1 aliphatic rings. The van der Waals surface area contributed by atoms with Crippen molar-refractivity contribution in [3.05, 3.63) is 48.0 Å². The number of carboxylic acid groups (broad SMARTS) is 1. The Hall–Kier alpha value is -3.46. The van der Waals surface area contributed by atoms with Crippen LogP contribution in [0.15, 0.2) is 42.5 Å². The molecule has 9 nitrogen and oxygen atoms in total. The molecule has 3 atom stereocenters. The predicted octanol–water partition coefficient (Wildman–Crippen LogP) is 3.98. The quantitative estimate of drug-likeness (QED) is 0.354. The summed E-state index contributed by atoms with van der Waals surface area (Å²) in [6, 6.07) is 12.9. The molecule has 3 rings (SSSR count). The van der Waals surface area contributed by atoms with E-state index in [1.807, 2.05) is 50.2 Å². The molecule has 208 valence electrons. The van der Waals surface area contributed by atoms with E-state index in [4.69, 9.17) is 14.2 Å². The minimum atomic E-state index is -1.05. The summed E-state index contributed by atoms with van der Waals surface area (Å²) in [5, 5.41) is 23.8. The second-order valence-electron chi connectivity index (χ2n) is 9.93. The summed E-state index contributed by atoms with van der Waals surface area (Å²) in [4.78, 5) is 26.5. The van der Waals surface area contributed by atoms with E-state index in [0.717, 1.165) is 17.0 Å². The van der Waals surface area contributed by atoms with E-state index >= 15 is 0 Å². The molecule has 0 aliphatic heterocycles. The number of nitrogens with one attached hydrogen (secondary N) is 1. The lowest BCUT2D eigenvalue weighted by atomic mass is 9.98. The third-order valence-corrected chi connectivity index (χ3v) is 6.80. The van der Waals surface area contributed by atoms with Gasteiger partial charge in [-0.1, -0.05) is 18.2 Å². The number of hydrogen-bond acceptors (Lipinski definition) is 7. The molecule has 0 bridgehead atoms. The van der Waals surface area contributed by atoms with Crippen molar-refractivity contribution in [2.75, 3.05) is 32.6 Å². The standard InChI is InChI=1S/C29H40N2O7/c1-19(2)38-25-8-6-5-7-23(25)30-22-12-10-21(11-13-24(22)32)29(35)31(18-28(33)34)16-15-20-9-14-26(36-3)27(17-20)37-4/h5-9,14,17,19,21-22,24,30,32H,10-13,15-16,18H2,1-4H3,(H,33,34)/t21-,22+,24+/m1/s1. The van der Waals surface area contributed by atoms with Crippen LogP contribution in [0.4, 0.5) is 5.69 Å². The summed E-state index contributed by atoms with van der Waals surface area (Å²) in [6.07, 6.45) is 1.91. The van der Waals surface area contributed by atoms with Crippen LogP contribution in [-0.4, -0.2) is 72.5 Å². The van der Waals surface area contributed by atoms with Crippen molar-refractivity contribution in [2.24, 2.45) is 5.92 Å². The largest absolute Gasteiger partial charge is 0.493 e. The Morgan fingerprint density at radius 3 is 2.39 bits per heavy atom. The molecule has 1 amide bonds. The molecule has 1 saturated carbocycles. The van der Waals surface area contributed by atoms with E-state index in [1.165, 1.54) is 4.90 Å². The molecule has 2 aromatic carbocycles. The van der Waals surface area contributed by atoms with Crippen LogP contribution in [0.1, 0.15) is 45.1 Å². The predicted molar refractivity (Wildman–Crippen MR) is 145 cm³/mol. The molecule has 0 aromatic heterocycles. The topological polar surface area (TPSA) is 118 Å². The highest BCUT2D eigenvalue weighted by Crippen LogP contribution is 2.32. The van der Waals surface area contributed by atoms with Gasteiger partial charge in [0.1, 0.15) is 12.3 Å². The second-order valence-corrected chi connectivity index (χ2v) is 9.93. The van der Waals surface area contributed by atoms with E-state index in [-0.39, 0.29) is 37.1 Å². The molecular formula is C29H40N2O7. The average molecular weight is 529 g/mol. The number of nitrogens with zero attached hydrogens (tertiary/aromatic N) is 1. The third kappa shape index (κ3) is 8.02. The fourth-order valence-electron chi connectivity index (χ4n) is 4.84. The summed E-state index contributed by atoms with van der Waals surface area (Å²) in [5.74, 6) is 0.300. The van der Waals surface area contributed by atoms with E-state index in [9.17, 15) is 19.8 Å². The highest BCUT2D eigenvalue weighted by Gasteiger charge is 2.32. The number of benzene rings is 2. The van der Waals surface area contributed by atoms with Gasteiger partial charge in [-0.3, -0.25) is 9.59 Å². The fourth-order valence-corrected chi connectivity index (χ4v) is 4.84. The van der Waals surface area contributed by atoms with Crippen LogP contribution in [0.5, 0.6) is 17.2 Å². The first kappa shape index (κ1) is 29.1. The maximum absolute atomic E-state index is 13.5. The first-order valence-electron chi connectivity index (χ1n) is 13.1. The van der Waals surface area contributed by atoms with Gasteiger partial charge in [-0.25, -0.2) is 0 Å². The summed E-state index contributed by atoms with van der Waals surface area (Å²) >= 11 is 0. The lowest BCUT2D eigenvalue weighted by molar-refractivity contribution is -0.146. The van der Waals surface area contributed by atoms with Crippen LogP contribution < -0.4 is 19.5 Å². The first-order chi connectivity index (χ1) is 18.2. The number of hydrogen-bond donors (Lipinski definition) is 3. The summed E-state index contributed by atoms with van der Waals surface area (Å²) in [7, 11) is 3.12. The zero-order valence-corrected chi connectivity index (χ0v) is 22.7. The molecule has 0 saturated heterocycles. The Labute approximate surface area is 224 Å². The number of carboxylic acids is 1. The average Bonchev–Trinajstić information content (AvgIpc) is 3.07. The van der Waals surface area contributed by atoms with Gasteiger partial charge in [0.15, 0.2) is 11.5 Å². The van der Waals surface area contributed by atoms with E-state index in [2.05, 4.69) is 5.32 Å². The van der Waals surface area contributed by atoms with Crippen molar-refractivity contribution in [3.8, 4) is 17.2 Å². The van der Waals surface area contributed by atoms with Gasteiger partial charge >= 0.3 is 5.97 Å². The Kier molecular flexibility index (Phi) is 10.6. The number of carbonyl (C=O) groups is 2. The Morgan fingerprint density at radius 2 is 1.71 bits per heavy atom. The molecule has 2 aromatic rings. The lowest BCUT2D eigenvalue weighted by Crippen LogP contribution is -2.41. The van der Waals surface area contributed by atoms with Crippen molar-refractivity contribution in [3.63, 3.8) is 0 Å². The summed E-state index contributed by atoms with van der Waals surface area (Å²) in [6.45, 7) is 3.82.